The maximum atomic E-state index is 5.78. The minimum Gasteiger partial charge on any atom is -0.398 e. The molecule has 60 valence electrons. The van der Waals surface area contributed by atoms with Crippen LogP contribution in [0, 0.1) is 13.8 Å². The summed E-state index contributed by atoms with van der Waals surface area (Å²) in [6, 6.07) is 4.08. The van der Waals surface area contributed by atoms with E-state index >= 15 is 0 Å². The molecule has 0 unspecified atom stereocenters. The van der Waals surface area contributed by atoms with Gasteiger partial charge in [-0.1, -0.05) is 17.7 Å². The molecule has 1 aromatic carbocycles. The molecule has 0 aliphatic carbocycles. The molecule has 0 aliphatic heterocycles. The van der Waals surface area contributed by atoms with E-state index in [4.69, 9.17) is 17.3 Å². The monoisotopic (exact) mass is 169 g/mol. The largest absolute Gasteiger partial charge is 0.398 e. The van der Waals surface area contributed by atoms with Crippen molar-refractivity contribution in [2.75, 3.05) is 5.73 Å². The Hall–Kier alpha value is -0.690. The Bertz CT molecular complexity index is 269. The molecule has 0 aromatic heterocycles. The predicted molar refractivity (Wildman–Crippen MR) is 49.9 cm³/mol. The van der Waals surface area contributed by atoms with E-state index in [1.54, 1.807) is 0 Å². The Morgan fingerprint density at radius 3 is 2.55 bits per heavy atom. The minimum absolute atomic E-state index is 0.494. The molecule has 2 heteroatoms. The number of anilines is 1. The highest BCUT2D eigenvalue weighted by atomic mass is 35.5. The van der Waals surface area contributed by atoms with Gasteiger partial charge in [-0.05, 0) is 25.0 Å². The van der Waals surface area contributed by atoms with Crippen LogP contribution in [-0.2, 0) is 5.88 Å². The number of halogens is 1. The van der Waals surface area contributed by atoms with Crippen LogP contribution < -0.4 is 5.73 Å². The molecule has 0 saturated heterocycles. The lowest BCUT2D eigenvalue weighted by Crippen LogP contribution is -1.95. The number of hydrogen-bond donors (Lipinski definition) is 1. The van der Waals surface area contributed by atoms with Crippen LogP contribution in [0.25, 0.3) is 0 Å². The summed E-state index contributed by atoms with van der Waals surface area (Å²) < 4.78 is 0. The normalized spacial score (nSPS) is 10.1. The number of rotatable bonds is 1. The number of nitrogen functional groups attached to an aromatic ring is 1. The molecular formula is C9H12ClN. The Labute approximate surface area is 72.2 Å². The topological polar surface area (TPSA) is 26.0 Å². The summed E-state index contributed by atoms with van der Waals surface area (Å²) in [5.74, 6) is 0.494. The van der Waals surface area contributed by atoms with Crippen LogP contribution in [0.3, 0.4) is 0 Å². The van der Waals surface area contributed by atoms with Gasteiger partial charge in [-0.15, -0.1) is 11.6 Å². The Morgan fingerprint density at radius 2 is 2.00 bits per heavy atom. The van der Waals surface area contributed by atoms with Crippen molar-refractivity contribution in [2.24, 2.45) is 0 Å². The average molecular weight is 170 g/mol. The van der Waals surface area contributed by atoms with E-state index in [1.807, 2.05) is 19.9 Å². The second-order valence-corrected chi connectivity index (χ2v) is 3.06. The van der Waals surface area contributed by atoms with Gasteiger partial charge in [-0.25, -0.2) is 0 Å². The third-order valence-electron chi connectivity index (χ3n) is 1.76. The molecular weight excluding hydrogens is 158 g/mol. The molecule has 11 heavy (non-hydrogen) atoms. The van der Waals surface area contributed by atoms with Crippen molar-refractivity contribution in [2.45, 2.75) is 19.7 Å². The quantitative estimate of drug-likeness (QED) is 0.508. The molecule has 0 heterocycles. The van der Waals surface area contributed by atoms with Crippen LogP contribution in [0.2, 0.25) is 0 Å². The average Bonchev–Trinajstić information content (AvgIpc) is 1.96. The van der Waals surface area contributed by atoms with Gasteiger partial charge >= 0.3 is 0 Å². The van der Waals surface area contributed by atoms with E-state index in [0.717, 1.165) is 16.8 Å². The number of nitrogens with two attached hydrogens (primary N) is 1. The third-order valence-corrected chi connectivity index (χ3v) is 2.05. The summed E-state index contributed by atoms with van der Waals surface area (Å²) in [6.07, 6.45) is 0. The first kappa shape index (κ1) is 8.41. The van der Waals surface area contributed by atoms with Gasteiger partial charge < -0.3 is 5.73 Å². The highest BCUT2D eigenvalue weighted by molar-refractivity contribution is 6.17. The van der Waals surface area contributed by atoms with Crippen LogP contribution >= 0.6 is 11.6 Å². The molecule has 0 amide bonds. The first-order valence-corrected chi connectivity index (χ1v) is 4.10. The second kappa shape index (κ2) is 3.14. The smallest absolute Gasteiger partial charge is 0.0494 e. The Morgan fingerprint density at radius 1 is 1.36 bits per heavy atom. The highest BCUT2D eigenvalue weighted by Gasteiger charge is 2.00. The second-order valence-electron chi connectivity index (χ2n) is 2.79. The van der Waals surface area contributed by atoms with Gasteiger partial charge in [0.2, 0.25) is 0 Å². The van der Waals surface area contributed by atoms with Gasteiger partial charge in [0.05, 0.1) is 0 Å². The van der Waals surface area contributed by atoms with Crippen LogP contribution in [0.15, 0.2) is 12.1 Å². The molecule has 0 saturated carbocycles. The van der Waals surface area contributed by atoms with Gasteiger partial charge in [0.1, 0.15) is 0 Å². The zero-order chi connectivity index (χ0) is 8.43. The van der Waals surface area contributed by atoms with E-state index < -0.39 is 0 Å². The Kier molecular flexibility index (Phi) is 2.40. The van der Waals surface area contributed by atoms with Crippen LogP contribution in [0.1, 0.15) is 16.7 Å². The lowest BCUT2D eigenvalue weighted by molar-refractivity contribution is 1.30. The number of hydrogen-bond acceptors (Lipinski definition) is 1. The number of benzene rings is 1. The van der Waals surface area contributed by atoms with Gasteiger partial charge in [0.25, 0.3) is 0 Å². The van der Waals surface area contributed by atoms with Gasteiger partial charge in [0, 0.05) is 11.6 Å². The van der Waals surface area contributed by atoms with Crippen molar-refractivity contribution in [1.29, 1.82) is 0 Å². The van der Waals surface area contributed by atoms with Crippen LogP contribution in [-0.4, -0.2) is 0 Å². The summed E-state index contributed by atoms with van der Waals surface area (Å²) in [7, 11) is 0. The molecule has 2 N–H and O–H groups in total. The molecule has 0 aliphatic rings. The number of aryl methyl sites for hydroxylation is 2. The lowest BCUT2D eigenvalue weighted by Gasteiger charge is -2.06. The lowest BCUT2D eigenvalue weighted by atomic mass is 10.1. The van der Waals surface area contributed by atoms with E-state index in [0.29, 0.717) is 5.88 Å². The van der Waals surface area contributed by atoms with Crippen molar-refractivity contribution >= 4 is 17.3 Å². The molecule has 0 bridgehead atoms. The predicted octanol–water partition coefficient (Wildman–Crippen LogP) is 2.62. The summed E-state index contributed by atoms with van der Waals surface area (Å²) in [4.78, 5) is 0. The summed E-state index contributed by atoms with van der Waals surface area (Å²) in [5.41, 5.74) is 9.96. The summed E-state index contributed by atoms with van der Waals surface area (Å²) in [5, 5.41) is 0. The van der Waals surface area contributed by atoms with E-state index in [2.05, 4.69) is 6.07 Å². The zero-order valence-corrected chi connectivity index (χ0v) is 7.57. The first-order valence-electron chi connectivity index (χ1n) is 3.56. The van der Waals surface area contributed by atoms with Crippen molar-refractivity contribution in [3.63, 3.8) is 0 Å². The van der Waals surface area contributed by atoms with E-state index in [9.17, 15) is 0 Å². The number of alkyl halides is 1. The third kappa shape index (κ3) is 1.66. The highest BCUT2D eigenvalue weighted by Crippen LogP contribution is 2.20. The molecule has 1 aromatic rings. The minimum atomic E-state index is 0.494. The van der Waals surface area contributed by atoms with Crippen molar-refractivity contribution in [3.8, 4) is 0 Å². The van der Waals surface area contributed by atoms with Crippen LogP contribution in [0.4, 0.5) is 5.69 Å². The van der Waals surface area contributed by atoms with Crippen LogP contribution in [0.5, 0.6) is 0 Å². The van der Waals surface area contributed by atoms with Crippen molar-refractivity contribution < 1.29 is 0 Å². The van der Waals surface area contributed by atoms with Crippen molar-refractivity contribution in [1.82, 2.24) is 0 Å². The summed E-state index contributed by atoms with van der Waals surface area (Å²) in [6.45, 7) is 4.04. The van der Waals surface area contributed by atoms with Gasteiger partial charge in [-0.3, -0.25) is 0 Å². The molecule has 0 fully saturated rings. The zero-order valence-electron chi connectivity index (χ0n) is 6.82. The van der Waals surface area contributed by atoms with Gasteiger partial charge in [0.15, 0.2) is 0 Å². The van der Waals surface area contributed by atoms with E-state index in [-0.39, 0.29) is 0 Å². The SMILES string of the molecule is Cc1cc(C)c(N)c(CCl)c1. The van der Waals surface area contributed by atoms with Crippen molar-refractivity contribution in [3.05, 3.63) is 28.8 Å². The molecule has 0 atom stereocenters. The molecule has 1 nitrogen and oxygen atoms in total. The Balaban J connectivity index is 3.24. The fraction of sp³-hybridized carbons (Fsp3) is 0.333. The maximum Gasteiger partial charge on any atom is 0.0494 e. The molecule has 0 radical (unpaired) electrons. The first-order chi connectivity index (χ1) is 5.15. The van der Waals surface area contributed by atoms with E-state index in [1.165, 1.54) is 5.56 Å². The van der Waals surface area contributed by atoms with Gasteiger partial charge in [-0.2, -0.15) is 0 Å². The fourth-order valence-electron chi connectivity index (χ4n) is 1.18. The molecule has 1 rings (SSSR count). The maximum absolute atomic E-state index is 5.78. The molecule has 0 spiro atoms. The summed E-state index contributed by atoms with van der Waals surface area (Å²) >= 11 is 5.70. The fourth-order valence-corrected chi connectivity index (χ4v) is 1.40. The standard InChI is InChI=1S/C9H12ClN/c1-6-3-7(2)9(11)8(4-6)5-10/h3-4H,5,11H2,1-2H3.